The minimum atomic E-state index is -1.44. The van der Waals surface area contributed by atoms with Gasteiger partial charge < -0.3 is 9.15 Å². The number of ketones is 2. The predicted molar refractivity (Wildman–Crippen MR) is 94.2 cm³/mol. The van der Waals surface area contributed by atoms with E-state index in [4.69, 9.17) is 9.15 Å². The zero-order valence-electron chi connectivity index (χ0n) is 13.2. The lowest BCUT2D eigenvalue weighted by molar-refractivity contribution is -0.151. The Kier molecular flexibility index (Phi) is 4.81. The summed E-state index contributed by atoms with van der Waals surface area (Å²) in [7, 11) is 0. The molecular weight excluding hydrogens is 388 g/mol. The van der Waals surface area contributed by atoms with Crippen molar-refractivity contribution in [3.05, 3.63) is 64.5 Å². The van der Waals surface area contributed by atoms with Crippen molar-refractivity contribution >= 4 is 39.5 Å². The fourth-order valence-electron chi connectivity index (χ4n) is 2.38. The fourth-order valence-corrected chi connectivity index (χ4v) is 2.64. The van der Waals surface area contributed by atoms with Crippen LogP contribution < -0.4 is 0 Å². The van der Waals surface area contributed by atoms with Crippen LogP contribution in [-0.4, -0.2) is 17.5 Å². The van der Waals surface area contributed by atoms with Crippen LogP contribution in [-0.2, 0) is 19.1 Å². The maximum atomic E-state index is 12.1. The lowest BCUT2D eigenvalue weighted by Gasteiger charge is -2.15. The van der Waals surface area contributed by atoms with E-state index in [0.717, 1.165) is 22.2 Å². The second-order valence-corrected chi connectivity index (χ2v) is 6.37. The van der Waals surface area contributed by atoms with Gasteiger partial charge in [0.1, 0.15) is 17.3 Å². The SMILES string of the molecule is CC1=CC(=O)C(C(=O)/C=C/c2ccc(-c3ccc(Br)cc3)o2)C(=O)O1. The molecule has 1 aromatic carbocycles. The van der Waals surface area contributed by atoms with Gasteiger partial charge in [0.25, 0.3) is 0 Å². The van der Waals surface area contributed by atoms with Gasteiger partial charge in [0.15, 0.2) is 17.5 Å². The number of halogens is 1. The summed E-state index contributed by atoms with van der Waals surface area (Å²) in [5, 5.41) is 0. The molecule has 6 heteroatoms. The maximum Gasteiger partial charge on any atom is 0.329 e. The van der Waals surface area contributed by atoms with Crippen LogP contribution in [0.2, 0.25) is 0 Å². The molecule has 3 rings (SSSR count). The van der Waals surface area contributed by atoms with Gasteiger partial charge in [0.05, 0.1) is 0 Å². The number of ether oxygens (including phenoxy) is 1. The van der Waals surface area contributed by atoms with Crippen molar-refractivity contribution in [1.82, 2.24) is 0 Å². The van der Waals surface area contributed by atoms with Crippen LogP contribution in [0.5, 0.6) is 0 Å². The number of hydrogen-bond donors (Lipinski definition) is 0. The Labute approximate surface area is 152 Å². The molecule has 25 heavy (non-hydrogen) atoms. The molecule has 0 aliphatic carbocycles. The smallest absolute Gasteiger partial charge is 0.329 e. The largest absolute Gasteiger partial charge is 0.457 e. The Bertz CT molecular complexity index is 902. The number of benzene rings is 1. The van der Waals surface area contributed by atoms with Crippen LogP contribution in [0, 0.1) is 5.92 Å². The molecule has 0 N–H and O–H groups in total. The van der Waals surface area contributed by atoms with Gasteiger partial charge in [0, 0.05) is 16.1 Å². The molecule has 0 radical (unpaired) electrons. The topological polar surface area (TPSA) is 73.6 Å². The molecular formula is C19H13BrO5. The maximum absolute atomic E-state index is 12.1. The van der Waals surface area contributed by atoms with Crippen molar-refractivity contribution in [3.63, 3.8) is 0 Å². The molecule has 2 heterocycles. The highest BCUT2D eigenvalue weighted by Gasteiger charge is 2.36. The standard InChI is InChI=1S/C19H13BrO5/c1-11-10-16(22)18(19(23)24-11)15(21)8-6-14-7-9-17(25-14)12-2-4-13(20)5-3-12/h2-10,18H,1H3/b8-6+. The van der Waals surface area contributed by atoms with Crippen LogP contribution in [0.25, 0.3) is 17.4 Å². The van der Waals surface area contributed by atoms with Crippen LogP contribution in [0.4, 0.5) is 0 Å². The predicted octanol–water partition coefficient (Wildman–Crippen LogP) is 3.94. The summed E-state index contributed by atoms with van der Waals surface area (Å²) >= 11 is 3.37. The number of esters is 1. The van der Waals surface area contributed by atoms with Crippen LogP contribution in [0.15, 0.2) is 63.2 Å². The molecule has 126 valence electrons. The van der Waals surface area contributed by atoms with E-state index < -0.39 is 23.5 Å². The summed E-state index contributed by atoms with van der Waals surface area (Å²) in [6.45, 7) is 1.48. The van der Waals surface area contributed by atoms with Gasteiger partial charge in [-0.05, 0) is 43.3 Å². The Hall–Kier alpha value is -2.73. The monoisotopic (exact) mass is 400 g/mol. The van der Waals surface area contributed by atoms with Gasteiger partial charge in [-0.25, -0.2) is 0 Å². The lowest BCUT2D eigenvalue weighted by atomic mass is 9.96. The van der Waals surface area contributed by atoms with Gasteiger partial charge in [-0.3, -0.25) is 14.4 Å². The van der Waals surface area contributed by atoms with Crippen molar-refractivity contribution in [2.75, 3.05) is 0 Å². The van der Waals surface area contributed by atoms with E-state index in [9.17, 15) is 14.4 Å². The highest BCUT2D eigenvalue weighted by atomic mass is 79.9. The number of allylic oxidation sites excluding steroid dienone is 3. The van der Waals surface area contributed by atoms with Crippen molar-refractivity contribution in [3.8, 4) is 11.3 Å². The molecule has 5 nitrogen and oxygen atoms in total. The molecule has 0 spiro atoms. The van der Waals surface area contributed by atoms with E-state index in [1.54, 1.807) is 12.1 Å². The number of carbonyl (C=O) groups is 3. The van der Waals surface area contributed by atoms with E-state index in [2.05, 4.69) is 15.9 Å². The first-order chi connectivity index (χ1) is 11.9. The molecule has 0 saturated carbocycles. The Morgan fingerprint density at radius 2 is 1.84 bits per heavy atom. The summed E-state index contributed by atoms with van der Waals surface area (Å²) in [6.07, 6.45) is 3.73. The molecule has 1 aliphatic rings. The number of hydrogen-bond acceptors (Lipinski definition) is 5. The minimum Gasteiger partial charge on any atom is -0.457 e. The second kappa shape index (κ2) is 7.03. The number of rotatable bonds is 4. The van der Waals surface area contributed by atoms with Crippen LogP contribution >= 0.6 is 15.9 Å². The van der Waals surface area contributed by atoms with Gasteiger partial charge in [-0.2, -0.15) is 0 Å². The van der Waals surface area contributed by atoms with Crippen LogP contribution in [0.1, 0.15) is 12.7 Å². The average molecular weight is 401 g/mol. The lowest BCUT2D eigenvalue weighted by Crippen LogP contribution is -2.34. The fraction of sp³-hybridized carbons (Fsp3) is 0.105. The van der Waals surface area contributed by atoms with Gasteiger partial charge >= 0.3 is 5.97 Å². The van der Waals surface area contributed by atoms with E-state index in [0.29, 0.717) is 11.5 Å². The summed E-state index contributed by atoms with van der Waals surface area (Å²) < 4.78 is 11.4. The third kappa shape index (κ3) is 3.85. The van der Waals surface area contributed by atoms with Gasteiger partial charge in [0.2, 0.25) is 0 Å². The molecule has 1 aromatic heterocycles. The van der Waals surface area contributed by atoms with Crippen LogP contribution in [0.3, 0.4) is 0 Å². The van der Waals surface area contributed by atoms with Gasteiger partial charge in [-0.1, -0.05) is 28.1 Å². The first-order valence-electron chi connectivity index (χ1n) is 7.45. The van der Waals surface area contributed by atoms with Crippen molar-refractivity contribution in [2.24, 2.45) is 5.92 Å². The minimum absolute atomic E-state index is 0.188. The number of carbonyl (C=O) groups excluding carboxylic acids is 3. The Morgan fingerprint density at radius 3 is 2.52 bits per heavy atom. The third-order valence-corrected chi connectivity index (χ3v) is 4.11. The molecule has 0 amide bonds. The normalized spacial score (nSPS) is 17.5. The molecule has 1 aliphatic heterocycles. The first kappa shape index (κ1) is 17.1. The van der Waals surface area contributed by atoms with Gasteiger partial charge in [-0.15, -0.1) is 0 Å². The highest BCUT2D eigenvalue weighted by molar-refractivity contribution is 9.10. The summed E-state index contributed by atoms with van der Waals surface area (Å²) in [6, 6.07) is 11.1. The van der Waals surface area contributed by atoms with E-state index >= 15 is 0 Å². The van der Waals surface area contributed by atoms with Crippen molar-refractivity contribution in [2.45, 2.75) is 6.92 Å². The Balaban J connectivity index is 1.74. The summed E-state index contributed by atoms with van der Waals surface area (Å²) in [4.78, 5) is 35.7. The van der Waals surface area contributed by atoms with E-state index in [1.807, 2.05) is 24.3 Å². The summed E-state index contributed by atoms with van der Waals surface area (Å²) in [5.74, 6) is -2.23. The highest BCUT2D eigenvalue weighted by Crippen LogP contribution is 2.25. The zero-order valence-corrected chi connectivity index (χ0v) is 14.8. The average Bonchev–Trinajstić information content (AvgIpc) is 3.01. The molecule has 1 atom stereocenters. The van der Waals surface area contributed by atoms with Crippen molar-refractivity contribution in [1.29, 1.82) is 0 Å². The van der Waals surface area contributed by atoms with Crippen molar-refractivity contribution < 1.29 is 23.5 Å². The molecule has 1 unspecified atom stereocenters. The molecule has 2 aromatic rings. The number of furan rings is 1. The summed E-state index contributed by atoms with van der Waals surface area (Å²) in [5.41, 5.74) is 0.890. The third-order valence-electron chi connectivity index (χ3n) is 3.58. The number of cyclic esters (lactones) is 1. The van der Waals surface area contributed by atoms with E-state index in [1.165, 1.54) is 13.0 Å². The molecule has 0 bridgehead atoms. The quantitative estimate of drug-likeness (QED) is 0.441. The Morgan fingerprint density at radius 1 is 1.12 bits per heavy atom. The molecule has 0 saturated heterocycles. The second-order valence-electron chi connectivity index (χ2n) is 5.46. The molecule has 0 fully saturated rings. The zero-order chi connectivity index (χ0) is 18.0. The van der Waals surface area contributed by atoms with E-state index in [-0.39, 0.29) is 5.76 Å². The first-order valence-corrected chi connectivity index (χ1v) is 8.25.